The van der Waals surface area contributed by atoms with Crippen molar-refractivity contribution in [1.29, 1.82) is 0 Å². The van der Waals surface area contributed by atoms with Crippen LogP contribution in [-0.4, -0.2) is 22.9 Å². The third kappa shape index (κ3) is 2.38. The lowest BCUT2D eigenvalue weighted by Crippen LogP contribution is -2.55. The van der Waals surface area contributed by atoms with Gasteiger partial charge in [-0.25, -0.2) is 0 Å². The van der Waals surface area contributed by atoms with Gasteiger partial charge in [-0.1, -0.05) is 52.7 Å². The van der Waals surface area contributed by atoms with Gasteiger partial charge in [0.15, 0.2) is 0 Å². The lowest BCUT2D eigenvalue weighted by atomic mass is 9.43. The summed E-state index contributed by atoms with van der Waals surface area (Å²) in [6, 6.07) is 0. The Bertz CT molecular complexity index is 649. The standard InChI is InChI=1S/C25H42O2/c1-16(15-26)17-9-13-25(6)19-7-8-20-22(2,3)21(27)11-12-23(20,4)18(19)10-14-24(17,25)5/h16-17,20-21,26-27H,7-15H2,1-6H3/t16-,17-,20+,21+,23-,24-,25+/m1/s1. The van der Waals surface area contributed by atoms with Crippen LogP contribution in [0.5, 0.6) is 0 Å². The Morgan fingerprint density at radius 1 is 0.926 bits per heavy atom. The van der Waals surface area contributed by atoms with Gasteiger partial charge in [0.2, 0.25) is 0 Å². The van der Waals surface area contributed by atoms with Gasteiger partial charge in [-0.05, 0) is 90.8 Å². The highest BCUT2D eigenvalue weighted by molar-refractivity contribution is 5.38. The molecule has 27 heavy (non-hydrogen) atoms. The highest BCUT2D eigenvalue weighted by Gasteiger charge is 2.63. The molecule has 0 heterocycles. The molecule has 4 aliphatic carbocycles. The largest absolute Gasteiger partial charge is 0.396 e. The Morgan fingerprint density at radius 3 is 2.30 bits per heavy atom. The lowest BCUT2D eigenvalue weighted by Gasteiger charge is -2.62. The molecule has 2 fully saturated rings. The zero-order valence-corrected chi connectivity index (χ0v) is 18.6. The van der Waals surface area contributed by atoms with Crippen LogP contribution in [-0.2, 0) is 0 Å². The molecule has 0 bridgehead atoms. The second-order valence-electron chi connectivity index (χ2n) is 11.9. The Labute approximate surface area is 166 Å². The third-order valence-electron chi connectivity index (χ3n) is 10.8. The molecule has 0 aliphatic heterocycles. The monoisotopic (exact) mass is 374 g/mol. The summed E-state index contributed by atoms with van der Waals surface area (Å²) in [5.74, 6) is 1.67. The molecule has 0 spiro atoms. The van der Waals surface area contributed by atoms with Gasteiger partial charge in [0.05, 0.1) is 6.10 Å². The number of hydrogen-bond donors (Lipinski definition) is 2. The Kier molecular flexibility index (Phi) is 4.49. The Balaban J connectivity index is 1.77. The van der Waals surface area contributed by atoms with Crippen LogP contribution in [0, 0.1) is 39.4 Å². The minimum absolute atomic E-state index is 0.0246. The topological polar surface area (TPSA) is 40.5 Å². The van der Waals surface area contributed by atoms with E-state index < -0.39 is 0 Å². The van der Waals surface area contributed by atoms with Gasteiger partial charge in [-0.15, -0.1) is 0 Å². The van der Waals surface area contributed by atoms with Crippen molar-refractivity contribution in [3.8, 4) is 0 Å². The molecular weight excluding hydrogens is 332 g/mol. The molecule has 2 saturated carbocycles. The number of hydrogen-bond acceptors (Lipinski definition) is 2. The molecule has 0 amide bonds. The van der Waals surface area contributed by atoms with E-state index in [1.54, 1.807) is 11.1 Å². The van der Waals surface area contributed by atoms with Crippen LogP contribution in [0.4, 0.5) is 0 Å². The first-order valence-corrected chi connectivity index (χ1v) is 11.5. The molecule has 0 unspecified atom stereocenters. The molecule has 2 N–H and O–H groups in total. The van der Waals surface area contributed by atoms with E-state index in [1.807, 2.05) is 0 Å². The van der Waals surface area contributed by atoms with Crippen molar-refractivity contribution in [2.45, 2.75) is 99.0 Å². The lowest BCUT2D eigenvalue weighted by molar-refractivity contribution is -0.0964. The maximum Gasteiger partial charge on any atom is 0.0594 e. The van der Waals surface area contributed by atoms with Crippen LogP contribution in [0.15, 0.2) is 11.1 Å². The van der Waals surface area contributed by atoms with Crippen LogP contribution < -0.4 is 0 Å². The van der Waals surface area contributed by atoms with Crippen LogP contribution in [0.3, 0.4) is 0 Å². The van der Waals surface area contributed by atoms with Gasteiger partial charge in [-0.3, -0.25) is 0 Å². The van der Waals surface area contributed by atoms with E-state index in [2.05, 4.69) is 41.5 Å². The summed E-state index contributed by atoms with van der Waals surface area (Å²) in [6.07, 6.45) is 9.53. The van der Waals surface area contributed by atoms with E-state index >= 15 is 0 Å². The van der Waals surface area contributed by atoms with Crippen molar-refractivity contribution in [2.24, 2.45) is 39.4 Å². The molecule has 2 nitrogen and oxygen atoms in total. The third-order valence-corrected chi connectivity index (χ3v) is 10.8. The second-order valence-corrected chi connectivity index (χ2v) is 11.9. The highest BCUT2D eigenvalue weighted by atomic mass is 16.3. The average Bonchev–Trinajstić information content (AvgIpc) is 2.90. The van der Waals surface area contributed by atoms with Crippen LogP contribution in [0.2, 0.25) is 0 Å². The summed E-state index contributed by atoms with van der Waals surface area (Å²) in [4.78, 5) is 0. The predicted octanol–water partition coefficient (Wildman–Crippen LogP) is 5.73. The van der Waals surface area contributed by atoms with Crippen molar-refractivity contribution in [2.75, 3.05) is 6.61 Å². The average molecular weight is 375 g/mol. The summed E-state index contributed by atoms with van der Waals surface area (Å²) in [5.41, 5.74) is 4.54. The molecule has 4 rings (SSSR count). The van der Waals surface area contributed by atoms with Crippen molar-refractivity contribution in [3.63, 3.8) is 0 Å². The van der Waals surface area contributed by atoms with Crippen molar-refractivity contribution < 1.29 is 10.2 Å². The van der Waals surface area contributed by atoms with E-state index in [9.17, 15) is 10.2 Å². The zero-order valence-electron chi connectivity index (χ0n) is 18.6. The fourth-order valence-electron chi connectivity index (χ4n) is 8.76. The maximum absolute atomic E-state index is 10.7. The summed E-state index contributed by atoms with van der Waals surface area (Å²) in [5, 5.41) is 20.6. The van der Waals surface area contributed by atoms with Gasteiger partial charge in [0, 0.05) is 6.61 Å². The fraction of sp³-hybridized carbons (Fsp3) is 0.920. The van der Waals surface area contributed by atoms with Gasteiger partial charge in [0.25, 0.3) is 0 Å². The summed E-state index contributed by atoms with van der Waals surface area (Å²) >= 11 is 0. The number of fused-ring (bicyclic) bond motifs is 4. The van der Waals surface area contributed by atoms with Crippen LogP contribution >= 0.6 is 0 Å². The SMILES string of the molecule is C[C@H](CO)[C@H]1CC[C@@]2(C)C3=C(CC[C@]12C)[C@@]1(C)CC[C@H](O)C(C)(C)[C@@H]1CC3. The zero-order chi connectivity index (χ0) is 19.8. The summed E-state index contributed by atoms with van der Waals surface area (Å²) in [6.45, 7) is 14.9. The van der Waals surface area contributed by atoms with Gasteiger partial charge < -0.3 is 10.2 Å². The predicted molar refractivity (Wildman–Crippen MR) is 111 cm³/mol. The number of aliphatic hydroxyl groups excluding tert-OH is 2. The second kappa shape index (κ2) is 6.08. The molecule has 7 atom stereocenters. The molecule has 0 saturated heterocycles. The van der Waals surface area contributed by atoms with E-state index in [-0.39, 0.29) is 16.9 Å². The molecule has 154 valence electrons. The Morgan fingerprint density at radius 2 is 1.63 bits per heavy atom. The van der Waals surface area contributed by atoms with E-state index in [0.29, 0.717) is 35.2 Å². The molecule has 4 aliphatic rings. The van der Waals surface area contributed by atoms with E-state index in [4.69, 9.17) is 0 Å². The molecule has 0 aromatic carbocycles. The number of aliphatic hydroxyl groups is 2. The summed E-state index contributed by atoms with van der Waals surface area (Å²) < 4.78 is 0. The molecule has 0 aromatic rings. The number of allylic oxidation sites excluding steroid dienone is 2. The smallest absolute Gasteiger partial charge is 0.0594 e. The first-order valence-electron chi connectivity index (χ1n) is 11.5. The maximum atomic E-state index is 10.7. The van der Waals surface area contributed by atoms with Crippen molar-refractivity contribution in [3.05, 3.63) is 11.1 Å². The van der Waals surface area contributed by atoms with Gasteiger partial charge >= 0.3 is 0 Å². The molecular formula is C25H42O2. The van der Waals surface area contributed by atoms with Crippen LogP contribution in [0.25, 0.3) is 0 Å². The minimum atomic E-state index is -0.150. The van der Waals surface area contributed by atoms with Crippen LogP contribution in [0.1, 0.15) is 92.9 Å². The van der Waals surface area contributed by atoms with Crippen molar-refractivity contribution in [1.82, 2.24) is 0 Å². The summed E-state index contributed by atoms with van der Waals surface area (Å²) in [7, 11) is 0. The van der Waals surface area contributed by atoms with E-state index in [1.165, 1.54) is 38.5 Å². The number of rotatable bonds is 2. The van der Waals surface area contributed by atoms with Gasteiger partial charge in [0.1, 0.15) is 0 Å². The molecule has 0 radical (unpaired) electrons. The first-order chi connectivity index (χ1) is 12.5. The highest BCUT2D eigenvalue weighted by Crippen LogP contribution is 2.72. The van der Waals surface area contributed by atoms with Crippen molar-refractivity contribution >= 4 is 0 Å². The quantitative estimate of drug-likeness (QED) is 0.606. The normalized spacial score (nSPS) is 50.0. The van der Waals surface area contributed by atoms with Gasteiger partial charge in [-0.2, -0.15) is 0 Å². The van der Waals surface area contributed by atoms with E-state index in [0.717, 1.165) is 12.8 Å². The Hall–Kier alpha value is -0.340. The fourth-order valence-corrected chi connectivity index (χ4v) is 8.76. The molecule has 0 aromatic heterocycles. The first kappa shape index (κ1) is 20.0. The minimum Gasteiger partial charge on any atom is -0.396 e. The molecule has 2 heteroatoms.